The molecule has 0 aliphatic carbocycles. The number of carboxylic acid groups (broad SMARTS) is 1. The van der Waals surface area contributed by atoms with Crippen molar-refractivity contribution in [1.82, 2.24) is 5.32 Å². The topological polar surface area (TPSA) is 105 Å². The van der Waals surface area contributed by atoms with Crippen LogP contribution in [-0.4, -0.2) is 36.5 Å². The van der Waals surface area contributed by atoms with Crippen LogP contribution in [0.25, 0.3) is 0 Å². The summed E-state index contributed by atoms with van der Waals surface area (Å²) in [6, 6.07) is 13.8. The van der Waals surface area contributed by atoms with E-state index in [1.807, 2.05) is 30.3 Å². The van der Waals surface area contributed by atoms with E-state index < -0.39 is 5.97 Å². The van der Waals surface area contributed by atoms with E-state index >= 15 is 0 Å². The van der Waals surface area contributed by atoms with Crippen molar-refractivity contribution in [2.24, 2.45) is 0 Å². The third-order valence-corrected chi connectivity index (χ3v) is 3.72. The van der Waals surface area contributed by atoms with Gasteiger partial charge in [-0.3, -0.25) is 9.59 Å². The highest BCUT2D eigenvalue weighted by Gasteiger charge is 2.10. The number of ether oxygens (including phenoxy) is 1. The Morgan fingerprint density at radius 2 is 1.74 bits per heavy atom. The van der Waals surface area contributed by atoms with Crippen LogP contribution in [0.3, 0.4) is 0 Å². The lowest BCUT2D eigenvalue weighted by atomic mass is 10.1. The summed E-state index contributed by atoms with van der Waals surface area (Å²) in [5.74, 6) is -1.57. The van der Waals surface area contributed by atoms with Crippen LogP contribution in [0.4, 0.5) is 5.69 Å². The van der Waals surface area contributed by atoms with Crippen LogP contribution < -0.4 is 10.6 Å². The summed E-state index contributed by atoms with van der Waals surface area (Å²) in [6.45, 7) is 0.431. The number of hydrogen-bond acceptors (Lipinski definition) is 4. The smallest absolute Gasteiger partial charge is 0.335 e. The Labute approximate surface area is 157 Å². The molecule has 0 saturated heterocycles. The Hall–Kier alpha value is -3.19. The van der Waals surface area contributed by atoms with Crippen molar-refractivity contribution in [2.75, 3.05) is 19.0 Å². The largest absolute Gasteiger partial charge is 0.478 e. The average Bonchev–Trinajstić information content (AvgIpc) is 2.62. The summed E-state index contributed by atoms with van der Waals surface area (Å²) in [5.41, 5.74) is 1.98. The number of benzene rings is 2. The second-order valence-corrected chi connectivity index (χ2v) is 5.97. The minimum absolute atomic E-state index is 0.0658. The quantitative estimate of drug-likeness (QED) is 0.628. The maximum absolute atomic E-state index is 12.1. The van der Waals surface area contributed by atoms with Gasteiger partial charge in [-0.15, -0.1) is 0 Å². The predicted molar refractivity (Wildman–Crippen MR) is 101 cm³/mol. The van der Waals surface area contributed by atoms with Gasteiger partial charge in [-0.25, -0.2) is 4.79 Å². The van der Waals surface area contributed by atoms with E-state index in [4.69, 9.17) is 9.84 Å². The SMILES string of the molecule is COCc1cc(NC(=O)CCNC(=O)Cc2ccccc2)cc(C(=O)O)c1. The summed E-state index contributed by atoms with van der Waals surface area (Å²) in [7, 11) is 1.50. The fourth-order valence-electron chi connectivity index (χ4n) is 2.52. The molecule has 2 amide bonds. The molecule has 0 heterocycles. The van der Waals surface area contributed by atoms with Gasteiger partial charge in [0.25, 0.3) is 0 Å². The van der Waals surface area contributed by atoms with E-state index in [0.29, 0.717) is 11.3 Å². The highest BCUT2D eigenvalue weighted by molar-refractivity contribution is 5.94. The molecule has 3 N–H and O–H groups in total. The molecule has 2 rings (SSSR count). The highest BCUT2D eigenvalue weighted by Crippen LogP contribution is 2.16. The Morgan fingerprint density at radius 1 is 1.00 bits per heavy atom. The zero-order chi connectivity index (χ0) is 19.6. The molecule has 0 spiro atoms. The normalized spacial score (nSPS) is 10.3. The van der Waals surface area contributed by atoms with Gasteiger partial charge in [0.05, 0.1) is 18.6 Å². The monoisotopic (exact) mass is 370 g/mol. The lowest BCUT2D eigenvalue weighted by Crippen LogP contribution is -2.28. The maximum atomic E-state index is 12.1. The molecule has 7 nitrogen and oxygen atoms in total. The van der Waals surface area contributed by atoms with Crippen LogP contribution in [0.5, 0.6) is 0 Å². The first kappa shape index (κ1) is 20.1. The van der Waals surface area contributed by atoms with Gasteiger partial charge in [0.2, 0.25) is 11.8 Å². The number of carbonyl (C=O) groups excluding carboxylic acids is 2. The van der Waals surface area contributed by atoms with Crippen LogP contribution >= 0.6 is 0 Å². The maximum Gasteiger partial charge on any atom is 0.335 e. The zero-order valence-electron chi connectivity index (χ0n) is 15.0. The first-order chi connectivity index (χ1) is 13.0. The van der Waals surface area contributed by atoms with Crippen molar-refractivity contribution in [2.45, 2.75) is 19.4 Å². The number of aromatic carboxylic acids is 1. The molecule has 142 valence electrons. The van der Waals surface area contributed by atoms with Gasteiger partial charge in [-0.2, -0.15) is 0 Å². The number of rotatable bonds is 9. The predicted octanol–water partition coefficient (Wildman–Crippen LogP) is 2.22. The minimum atomic E-state index is -1.09. The lowest BCUT2D eigenvalue weighted by Gasteiger charge is -2.10. The molecule has 0 aliphatic heterocycles. The van der Waals surface area contributed by atoms with Crippen LogP contribution in [0, 0.1) is 0 Å². The van der Waals surface area contributed by atoms with E-state index in [9.17, 15) is 14.4 Å². The van der Waals surface area contributed by atoms with Crippen LogP contribution in [0.15, 0.2) is 48.5 Å². The Balaban J connectivity index is 1.84. The number of anilines is 1. The Bertz CT molecular complexity index is 805. The average molecular weight is 370 g/mol. The fourth-order valence-corrected chi connectivity index (χ4v) is 2.52. The Kier molecular flexibility index (Phi) is 7.51. The molecule has 0 bridgehead atoms. The van der Waals surface area contributed by atoms with E-state index in [1.54, 1.807) is 6.07 Å². The van der Waals surface area contributed by atoms with Crippen molar-refractivity contribution in [3.8, 4) is 0 Å². The minimum Gasteiger partial charge on any atom is -0.478 e. The molecule has 0 radical (unpaired) electrons. The molecule has 0 unspecified atom stereocenters. The number of amides is 2. The third-order valence-electron chi connectivity index (χ3n) is 3.72. The first-order valence-electron chi connectivity index (χ1n) is 8.44. The van der Waals surface area contributed by atoms with Gasteiger partial charge in [0.15, 0.2) is 0 Å². The van der Waals surface area contributed by atoms with Crippen LogP contribution in [-0.2, 0) is 27.4 Å². The van der Waals surface area contributed by atoms with E-state index in [2.05, 4.69) is 10.6 Å². The molecule has 0 atom stereocenters. The zero-order valence-corrected chi connectivity index (χ0v) is 15.0. The first-order valence-corrected chi connectivity index (χ1v) is 8.44. The van der Waals surface area contributed by atoms with Crippen LogP contribution in [0.2, 0.25) is 0 Å². The summed E-state index contributed by atoms with van der Waals surface area (Å²) in [6.07, 6.45) is 0.334. The standard InChI is InChI=1S/C20H22N2O5/c1-27-13-15-9-16(20(25)26)12-17(10-15)22-18(23)7-8-21-19(24)11-14-5-3-2-4-6-14/h2-6,9-10,12H,7-8,11,13H2,1H3,(H,21,24)(H,22,23)(H,25,26). The number of methoxy groups -OCH3 is 1. The van der Waals surface area contributed by atoms with Crippen molar-refractivity contribution in [3.63, 3.8) is 0 Å². The summed E-state index contributed by atoms with van der Waals surface area (Å²) in [5, 5.41) is 14.5. The van der Waals surface area contributed by atoms with Gasteiger partial charge in [-0.05, 0) is 29.3 Å². The van der Waals surface area contributed by atoms with Crippen molar-refractivity contribution >= 4 is 23.5 Å². The number of hydrogen-bond donors (Lipinski definition) is 3. The number of nitrogens with one attached hydrogen (secondary N) is 2. The molecule has 2 aromatic rings. The van der Waals surface area contributed by atoms with E-state index in [0.717, 1.165) is 5.56 Å². The van der Waals surface area contributed by atoms with Gasteiger partial charge in [0, 0.05) is 25.8 Å². The Morgan fingerprint density at radius 3 is 2.41 bits per heavy atom. The second kappa shape index (κ2) is 10.1. The molecule has 0 fully saturated rings. The number of carboxylic acids is 1. The van der Waals surface area contributed by atoms with Crippen molar-refractivity contribution in [1.29, 1.82) is 0 Å². The molecule has 7 heteroatoms. The highest BCUT2D eigenvalue weighted by atomic mass is 16.5. The summed E-state index contributed by atoms with van der Waals surface area (Å²) >= 11 is 0. The van der Waals surface area contributed by atoms with Gasteiger partial charge < -0.3 is 20.5 Å². The van der Waals surface area contributed by atoms with Crippen LogP contribution in [0.1, 0.15) is 27.9 Å². The molecule has 0 aliphatic rings. The fraction of sp³-hybridized carbons (Fsp3) is 0.250. The molecule has 0 saturated carbocycles. The van der Waals surface area contributed by atoms with Crippen molar-refractivity contribution < 1.29 is 24.2 Å². The molecule has 27 heavy (non-hydrogen) atoms. The molecule has 2 aromatic carbocycles. The van der Waals surface area contributed by atoms with Crippen molar-refractivity contribution in [3.05, 3.63) is 65.2 Å². The van der Waals surface area contributed by atoms with Gasteiger partial charge in [0.1, 0.15) is 0 Å². The molecule has 0 aromatic heterocycles. The second-order valence-electron chi connectivity index (χ2n) is 5.97. The third kappa shape index (κ3) is 6.91. The van der Waals surface area contributed by atoms with Gasteiger partial charge in [-0.1, -0.05) is 30.3 Å². The molecular weight excluding hydrogens is 348 g/mol. The van der Waals surface area contributed by atoms with Gasteiger partial charge >= 0.3 is 5.97 Å². The number of carbonyl (C=O) groups is 3. The van der Waals surface area contributed by atoms with E-state index in [-0.39, 0.29) is 43.4 Å². The summed E-state index contributed by atoms with van der Waals surface area (Å²) < 4.78 is 5.01. The molecular formula is C20H22N2O5. The van der Waals surface area contributed by atoms with E-state index in [1.165, 1.54) is 19.2 Å². The lowest BCUT2D eigenvalue weighted by molar-refractivity contribution is -0.120. The summed E-state index contributed by atoms with van der Waals surface area (Å²) in [4.78, 5) is 35.1.